The van der Waals surface area contributed by atoms with Crippen LogP contribution in [0.3, 0.4) is 0 Å². The highest BCUT2D eigenvalue weighted by molar-refractivity contribution is 5.71. The first-order valence-corrected chi connectivity index (χ1v) is 11.6. The van der Waals surface area contributed by atoms with Gasteiger partial charge in [-0.3, -0.25) is 0 Å². The van der Waals surface area contributed by atoms with E-state index in [0.717, 1.165) is 50.5 Å². The second-order valence-electron chi connectivity index (χ2n) is 8.80. The lowest BCUT2D eigenvalue weighted by molar-refractivity contribution is 0.160. The molecule has 0 spiro atoms. The predicted molar refractivity (Wildman–Crippen MR) is 127 cm³/mol. The predicted octanol–water partition coefficient (Wildman–Crippen LogP) is 6.68. The van der Waals surface area contributed by atoms with Crippen LogP contribution in [0, 0.1) is 0 Å². The molecule has 1 aliphatic carbocycles. The number of phenolic OH excluding ortho intramolecular Hbond substituents is 2. The Labute approximate surface area is 191 Å². The Kier molecular flexibility index (Phi) is 8.20. The Morgan fingerprint density at radius 1 is 1.19 bits per heavy atom. The van der Waals surface area contributed by atoms with E-state index >= 15 is 0 Å². The lowest BCUT2D eigenvalue weighted by Crippen LogP contribution is -2.29. The van der Waals surface area contributed by atoms with Crippen LogP contribution >= 0.6 is 0 Å². The van der Waals surface area contributed by atoms with Gasteiger partial charge in [-0.05, 0) is 62.8 Å². The normalized spacial score (nSPS) is 15.8. The molecular formula is C27H35NO4. The molecule has 2 aromatic rings. The fourth-order valence-corrected chi connectivity index (χ4v) is 4.40. The summed E-state index contributed by atoms with van der Waals surface area (Å²) in [6.45, 7) is 4.44. The topological polar surface area (TPSA) is 70.0 Å². The third-order valence-electron chi connectivity index (χ3n) is 6.16. The van der Waals surface area contributed by atoms with Crippen LogP contribution in [0.25, 0.3) is 0 Å². The van der Waals surface area contributed by atoms with Crippen molar-refractivity contribution in [3.05, 3.63) is 64.7 Å². The molecule has 1 aliphatic rings. The first-order valence-electron chi connectivity index (χ1n) is 11.6. The van der Waals surface area contributed by atoms with Crippen LogP contribution in [0.2, 0.25) is 0 Å². The summed E-state index contributed by atoms with van der Waals surface area (Å²) in [6, 6.07) is 10.7. The summed E-state index contributed by atoms with van der Waals surface area (Å²) >= 11 is 0. The van der Waals surface area contributed by atoms with Crippen LogP contribution in [0.5, 0.6) is 17.2 Å². The highest BCUT2D eigenvalue weighted by Crippen LogP contribution is 2.44. The van der Waals surface area contributed by atoms with Gasteiger partial charge in [0.25, 0.3) is 0 Å². The van der Waals surface area contributed by atoms with Gasteiger partial charge in [0.1, 0.15) is 17.2 Å². The summed E-state index contributed by atoms with van der Waals surface area (Å²) in [4.78, 5) is 14.1. The lowest BCUT2D eigenvalue weighted by Gasteiger charge is -2.26. The average molecular weight is 438 g/mol. The van der Waals surface area contributed by atoms with Crippen molar-refractivity contribution in [2.24, 2.45) is 0 Å². The molecule has 0 aliphatic heterocycles. The van der Waals surface area contributed by atoms with E-state index in [-0.39, 0.29) is 24.0 Å². The fraction of sp³-hybridized carbons (Fsp3) is 0.444. The number of carbonyl (C=O) groups is 1. The van der Waals surface area contributed by atoms with Gasteiger partial charge in [0, 0.05) is 24.1 Å². The molecule has 5 heteroatoms. The molecule has 0 saturated carbocycles. The minimum atomic E-state index is -0.488. The minimum Gasteiger partial charge on any atom is -0.507 e. The maximum Gasteiger partial charge on any atom is 0.415 e. The standard InChI is InChI=1S/C27H35NO4/c1-4-5-7-12-20-17-24(29)25(21-13-10-11-19(2)16-21)26(30)23(20)18-28(3)27(31)32-22-14-8-6-9-15-22/h6,8-9,14-17,21,29-30H,4-5,7,10-13,18H2,1-3H3. The zero-order chi connectivity index (χ0) is 23.1. The van der Waals surface area contributed by atoms with E-state index in [2.05, 4.69) is 19.9 Å². The zero-order valence-corrected chi connectivity index (χ0v) is 19.4. The molecule has 1 unspecified atom stereocenters. The number of phenols is 2. The van der Waals surface area contributed by atoms with Gasteiger partial charge in [-0.1, -0.05) is 49.6 Å². The molecule has 0 aromatic heterocycles. The maximum atomic E-state index is 12.7. The number of benzene rings is 2. The quantitative estimate of drug-likeness (QED) is 0.357. The molecule has 0 heterocycles. The van der Waals surface area contributed by atoms with Gasteiger partial charge in [0.2, 0.25) is 0 Å². The number of rotatable bonds is 8. The van der Waals surface area contributed by atoms with Gasteiger partial charge >= 0.3 is 6.09 Å². The van der Waals surface area contributed by atoms with Crippen molar-refractivity contribution in [1.82, 2.24) is 4.90 Å². The van der Waals surface area contributed by atoms with Gasteiger partial charge in [-0.2, -0.15) is 0 Å². The Morgan fingerprint density at radius 2 is 1.94 bits per heavy atom. The van der Waals surface area contributed by atoms with Gasteiger partial charge in [0.05, 0.1) is 6.54 Å². The molecule has 3 rings (SSSR count). The number of unbranched alkanes of at least 4 members (excludes halogenated alkanes) is 2. The van der Waals surface area contributed by atoms with Gasteiger partial charge in [0.15, 0.2) is 0 Å². The van der Waals surface area contributed by atoms with Crippen molar-refractivity contribution in [3.63, 3.8) is 0 Å². The molecule has 2 aromatic carbocycles. The average Bonchev–Trinajstić information content (AvgIpc) is 2.77. The minimum absolute atomic E-state index is 0.0197. The second-order valence-corrected chi connectivity index (χ2v) is 8.80. The zero-order valence-electron chi connectivity index (χ0n) is 19.4. The number of aromatic hydroxyl groups is 2. The Balaban J connectivity index is 1.90. The van der Waals surface area contributed by atoms with Crippen LogP contribution in [0.1, 0.15) is 75.0 Å². The van der Waals surface area contributed by atoms with E-state index in [9.17, 15) is 15.0 Å². The van der Waals surface area contributed by atoms with E-state index in [4.69, 9.17) is 4.74 Å². The van der Waals surface area contributed by atoms with Crippen molar-refractivity contribution >= 4 is 6.09 Å². The van der Waals surface area contributed by atoms with Crippen molar-refractivity contribution < 1.29 is 19.7 Å². The maximum absolute atomic E-state index is 12.7. The number of hydrogen-bond donors (Lipinski definition) is 2. The van der Waals surface area contributed by atoms with E-state index in [0.29, 0.717) is 16.9 Å². The third-order valence-corrected chi connectivity index (χ3v) is 6.16. The van der Waals surface area contributed by atoms with E-state index in [1.54, 1.807) is 25.2 Å². The molecule has 2 N–H and O–H groups in total. The molecule has 1 atom stereocenters. The Hall–Kier alpha value is -2.95. The SMILES string of the molecule is CCCCCc1cc(O)c(C2C=C(C)CCC2)c(O)c1CN(C)C(=O)Oc1ccccc1. The molecule has 0 fully saturated rings. The van der Waals surface area contributed by atoms with Gasteiger partial charge in [-0.25, -0.2) is 4.79 Å². The molecule has 0 bridgehead atoms. The number of carbonyl (C=O) groups excluding carboxylic acids is 1. The lowest BCUT2D eigenvalue weighted by atomic mass is 9.83. The summed E-state index contributed by atoms with van der Waals surface area (Å²) in [5.74, 6) is 0.703. The van der Waals surface area contributed by atoms with Crippen LogP contribution in [0.4, 0.5) is 4.79 Å². The molecule has 32 heavy (non-hydrogen) atoms. The second kappa shape index (κ2) is 11.1. The number of para-hydroxylation sites is 1. The van der Waals surface area contributed by atoms with Gasteiger partial charge < -0.3 is 19.8 Å². The molecular weight excluding hydrogens is 402 g/mol. The number of ether oxygens (including phenoxy) is 1. The molecule has 1 amide bonds. The molecule has 5 nitrogen and oxygen atoms in total. The van der Waals surface area contributed by atoms with Gasteiger partial charge in [-0.15, -0.1) is 0 Å². The van der Waals surface area contributed by atoms with E-state index < -0.39 is 6.09 Å². The highest BCUT2D eigenvalue weighted by atomic mass is 16.6. The Bertz CT molecular complexity index is 952. The largest absolute Gasteiger partial charge is 0.507 e. The van der Waals surface area contributed by atoms with E-state index in [1.807, 2.05) is 18.2 Å². The number of amides is 1. The Morgan fingerprint density at radius 3 is 2.62 bits per heavy atom. The highest BCUT2D eigenvalue weighted by Gasteiger charge is 2.26. The van der Waals surface area contributed by atoms with Crippen LogP contribution < -0.4 is 4.74 Å². The molecule has 0 saturated heterocycles. The molecule has 0 radical (unpaired) electrons. The number of nitrogens with zero attached hydrogens (tertiary/aromatic N) is 1. The summed E-state index contributed by atoms with van der Waals surface area (Å²) in [7, 11) is 1.66. The molecule has 172 valence electrons. The number of allylic oxidation sites excluding steroid dienone is 2. The smallest absolute Gasteiger partial charge is 0.415 e. The van der Waals surface area contributed by atoms with E-state index in [1.165, 1.54) is 10.5 Å². The van der Waals surface area contributed by atoms with Crippen molar-refractivity contribution in [2.45, 2.75) is 71.3 Å². The van der Waals surface area contributed by atoms with Crippen molar-refractivity contribution in [1.29, 1.82) is 0 Å². The summed E-state index contributed by atoms with van der Waals surface area (Å²) in [6.07, 6.45) is 8.48. The summed E-state index contributed by atoms with van der Waals surface area (Å²) < 4.78 is 5.46. The summed E-state index contributed by atoms with van der Waals surface area (Å²) in [5.41, 5.74) is 3.42. The third kappa shape index (κ3) is 5.84. The fourth-order valence-electron chi connectivity index (χ4n) is 4.40. The first kappa shape index (κ1) is 23.7. The monoisotopic (exact) mass is 437 g/mol. The van der Waals surface area contributed by atoms with Crippen molar-refractivity contribution in [2.75, 3.05) is 7.05 Å². The van der Waals surface area contributed by atoms with Crippen LogP contribution in [-0.4, -0.2) is 28.3 Å². The van der Waals surface area contributed by atoms with Crippen LogP contribution in [0.15, 0.2) is 48.0 Å². The van der Waals surface area contributed by atoms with Crippen molar-refractivity contribution in [3.8, 4) is 17.2 Å². The van der Waals surface area contributed by atoms with Crippen LogP contribution in [-0.2, 0) is 13.0 Å². The number of aryl methyl sites for hydroxylation is 1. The number of hydrogen-bond acceptors (Lipinski definition) is 4. The first-order chi connectivity index (χ1) is 15.4. The summed E-state index contributed by atoms with van der Waals surface area (Å²) in [5, 5.41) is 22.1.